The normalized spacial score (nSPS) is 18.2. The van der Waals surface area contributed by atoms with Crippen LogP contribution in [0.5, 0.6) is 0 Å². The van der Waals surface area contributed by atoms with Gasteiger partial charge in [0, 0.05) is 25.2 Å². The fourth-order valence-corrected chi connectivity index (χ4v) is 3.94. The molecule has 0 bridgehead atoms. The zero-order chi connectivity index (χ0) is 27.8. The highest BCUT2D eigenvalue weighted by atomic mass is 19.4. The second kappa shape index (κ2) is 12.8. The van der Waals surface area contributed by atoms with E-state index >= 15 is 0 Å². The number of carbonyl (C=O) groups excluding carboxylic acids is 1. The Balaban J connectivity index is 0.000000877. The molecule has 0 saturated carbocycles. The van der Waals surface area contributed by atoms with Crippen LogP contribution in [0.2, 0.25) is 0 Å². The molecule has 0 spiro atoms. The molecule has 200 valence electrons. The lowest BCUT2D eigenvalue weighted by molar-refractivity contribution is -0.142. The molecule has 4 nitrogen and oxygen atoms in total. The number of ether oxygens (including phenoxy) is 1. The molecular weight excluding hydrogens is 498 g/mol. The minimum Gasteiger partial charge on any atom is -0.469 e. The molecule has 2 atom stereocenters. The SMILES string of the molecule is C#CC(=C)C.COC(=O)C[C@@H]1CCN(Cc2ccc(C(F)(F)F)nc2)[C@H](c2ccc(C(F)(F)F)cc2)C1. The molecule has 1 fully saturated rings. The van der Waals surface area contributed by atoms with Gasteiger partial charge in [-0.2, -0.15) is 26.3 Å². The summed E-state index contributed by atoms with van der Waals surface area (Å²) in [6.45, 7) is 6.03. The van der Waals surface area contributed by atoms with Crippen LogP contribution in [0.15, 0.2) is 54.7 Å². The zero-order valence-corrected chi connectivity index (χ0v) is 20.5. The molecule has 2 heterocycles. The lowest BCUT2D eigenvalue weighted by Crippen LogP contribution is -2.37. The van der Waals surface area contributed by atoms with Gasteiger partial charge in [-0.15, -0.1) is 6.42 Å². The molecule has 0 aliphatic carbocycles. The summed E-state index contributed by atoms with van der Waals surface area (Å²) < 4.78 is 81.8. The van der Waals surface area contributed by atoms with Gasteiger partial charge in [0.25, 0.3) is 0 Å². The Morgan fingerprint density at radius 2 is 1.76 bits per heavy atom. The first-order chi connectivity index (χ1) is 17.2. The van der Waals surface area contributed by atoms with Gasteiger partial charge in [0.05, 0.1) is 12.7 Å². The highest BCUT2D eigenvalue weighted by Gasteiger charge is 2.34. The van der Waals surface area contributed by atoms with Gasteiger partial charge in [-0.1, -0.05) is 30.7 Å². The van der Waals surface area contributed by atoms with E-state index < -0.39 is 23.6 Å². The van der Waals surface area contributed by atoms with E-state index in [1.807, 2.05) is 4.90 Å². The molecular formula is C27H28F6N2O2. The molecule has 1 aromatic carbocycles. The van der Waals surface area contributed by atoms with E-state index in [0.29, 0.717) is 30.5 Å². The first kappa shape index (κ1) is 29.9. The number of rotatable bonds is 5. The van der Waals surface area contributed by atoms with Crippen LogP contribution in [0.1, 0.15) is 54.6 Å². The Bertz CT molecular complexity index is 1090. The van der Waals surface area contributed by atoms with Gasteiger partial charge in [-0.25, -0.2) is 0 Å². The fourth-order valence-electron chi connectivity index (χ4n) is 3.94. The lowest BCUT2D eigenvalue weighted by atomic mass is 9.84. The van der Waals surface area contributed by atoms with Crippen LogP contribution in [0, 0.1) is 18.3 Å². The number of methoxy groups -OCH3 is 1. The van der Waals surface area contributed by atoms with Crippen molar-refractivity contribution in [3.05, 3.63) is 77.1 Å². The summed E-state index contributed by atoms with van der Waals surface area (Å²) in [7, 11) is 1.29. The van der Waals surface area contributed by atoms with Crippen molar-refractivity contribution in [1.29, 1.82) is 0 Å². The largest absolute Gasteiger partial charge is 0.469 e. The Morgan fingerprint density at radius 1 is 1.14 bits per heavy atom. The van der Waals surface area contributed by atoms with Crippen molar-refractivity contribution in [2.24, 2.45) is 5.92 Å². The van der Waals surface area contributed by atoms with Crippen molar-refractivity contribution in [3.8, 4) is 12.3 Å². The van der Waals surface area contributed by atoms with Crippen LogP contribution in [0.3, 0.4) is 0 Å². The molecule has 37 heavy (non-hydrogen) atoms. The van der Waals surface area contributed by atoms with Gasteiger partial charge in [0.1, 0.15) is 5.69 Å². The maximum atomic E-state index is 12.9. The van der Waals surface area contributed by atoms with Crippen molar-refractivity contribution in [2.45, 2.75) is 51.1 Å². The Labute approximate surface area is 212 Å². The second-order valence-electron chi connectivity index (χ2n) is 8.75. The standard InChI is InChI=1S/C22H22F6N2O2.C5H6/c1-32-20(31)11-14-8-9-30(13-15-2-7-19(29-12-15)22(26,27)28)18(10-14)16-3-5-17(6-4-16)21(23,24)25;1-4-5(2)3/h2-7,12,14,18H,8-11,13H2,1H3;1H,2H2,3H3/t14-,18+;/m1./s1. The maximum Gasteiger partial charge on any atom is 0.433 e. The van der Waals surface area contributed by atoms with Gasteiger partial charge >= 0.3 is 18.3 Å². The number of alkyl halides is 6. The van der Waals surface area contributed by atoms with Gasteiger partial charge in [-0.05, 0) is 67.1 Å². The number of hydrogen-bond acceptors (Lipinski definition) is 4. The third-order valence-corrected chi connectivity index (χ3v) is 5.87. The number of likely N-dealkylation sites (tertiary alicyclic amines) is 1. The van der Waals surface area contributed by atoms with Crippen LogP contribution >= 0.6 is 0 Å². The summed E-state index contributed by atoms with van der Waals surface area (Å²) in [6.07, 6.45) is -1.65. The summed E-state index contributed by atoms with van der Waals surface area (Å²) in [6, 6.07) is 6.79. The number of benzene rings is 1. The van der Waals surface area contributed by atoms with E-state index in [-0.39, 0.29) is 30.9 Å². The molecule has 0 amide bonds. The maximum absolute atomic E-state index is 12.9. The minimum absolute atomic E-state index is 0.0169. The average Bonchev–Trinajstić information content (AvgIpc) is 2.84. The minimum atomic E-state index is -4.53. The number of piperidine rings is 1. The van der Waals surface area contributed by atoms with Crippen LogP contribution in [0.25, 0.3) is 0 Å². The summed E-state index contributed by atoms with van der Waals surface area (Å²) in [5.74, 6) is 1.96. The summed E-state index contributed by atoms with van der Waals surface area (Å²) in [5, 5.41) is 0. The average molecular weight is 527 g/mol. The predicted octanol–water partition coefficient (Wildman–Crippen LogP) is 6.83. The number of hydrogen-bond donors (Lipinski definition) is 0. The quantitative estimate of drug-likeness (QED) is 0.243. The van der Waals surface area contributed by atoms with Gasteiger partial charge in [0.15, 0.2) is 0 Å². The van der Waals surface area contributed by atoms with Gasteiger partial charge in [0.2, 0.25) is 0 Å². The summed E-state index contributed by atoms with van der Waals surface area (Å²) in [5.41, 5.74) is 0.234. The van der Waals surface area contributed by atoms with Crippen LogP contribution < -0.4 is 0 Å². The van der Waals surface area contributed by atoms with E-state index in [4.69, 9.17) is 11.2 Å². The fraction of sp³-hybridized carbons (Fsp3) is 0.407. The number of halogens is 6. The Morgan fingerprint density at radius 3 is 2.22 bits per heavy atom. The Hall–Kier alpha value is -3.32. The first-order valence-electron chi connectivity index (χ1n) is 11.4. The molecule has 0 N–H and O–H groups in total. The number of allylic oxidation sites excluding steroid dienone is 1. The molecule has 10 heteroatoms. The third-order valence-electron chi connectivity index (χ3n) is 5.87. The van der Waals surface area contributed by atoms with Gasteiger partial charge < -0.3 is 4.74 Å². The first-order valence-corrected chi connectivity index (χ1v) is 11.4. The number of esters is 1. The molecule has 2 aromatic rings. The Kier molecular flexibility index (Phi) is 10.3. The van der Waals surface area contributed by atoms with Crippen molar-refractivity contribution in [3.63, 3.8) is 0 Å². The number of aromatic nitrogens is 1. The number of pyridine rings is 1. The molecule has 1 aliphatic rings. The van der Waals surface area contributed by atoms with E-state index in [0.717, 1.165) is 30.0 Å². The summed E-state index contributed by atoms with van der Waals surface area (Å²) >= 11 is 0. The molecule has 1 aliphatic heterocycles. The van der Waals surface area contributed by atoms with Crippen LogP contribution in [-0.2, 0) is 28.4 Å². The third kappa shape index (κ3) is 9.25. The van der Waals surface area contributed by atoms with E-state index in [1.54, 1.807) is 6.92 Å². The van der Waals surface area contributed by atoms with Crippen molar-refractivity contribution in [1.82, 2.24) is 9.88 Å². The number of carbonyl (C=O) groups is 1. The van der Waals surface area contributed by atoms with Crippen molar-refractivity contribution in [2.75, 3.05) is 13.7 Å². The second-order valence-corrected chi connectivity index (χ2v) is 8.75. The van der Waals surface area contributed by atoms with E-state index in [1.165, 1.54) is 25.3 Å². The molecule has 3 rings (SSSR count). The lowest BCUT2D eigenvalue weighted by Gasteiger charge is -2.39. The van der Waals surface area contributed by atoms with Crippen LogP contribution in [0.4, 0.5) is 26.3 Å². The van der Waals surface area contributed by atoms with Gasteiger partial charge in [-0.3, -0.25) is 14.7 Å². The highest BCUT2D eigenvalue weighted by molar-refractivity contribution is 5.69. The molecule has 0 unspecified atom stereocenters. The topological polar surface area (TPSA) is 42.4 Å². The summed E-state index contributed by atoms with van der Waals surface area (Å²) in [4.78, 5) is 17.2. The number of terminal acetylenes is 1. The smallest absolute Gasteiger partial charge is 0.433 e. The molecule has 0 radical (unpaired) electrons. The van der Waals surface area contributed by atoms with Crippen molar-refractivity contribution >= 4 is 5.97 Å². The van der Waals surface area contributed by atoms with E-state index in [9.17, 15) is 31.1 Å². The van der Waals surface area contributed by atoms with Crippen LogP contribution in [-0.4, -0.2) is 29.5 Å². The van der Waals surface area contributed by atoms with E-state index in [2.05, 4.69) is 17.5 Å². The van der Waals surface area contributed by atoms with Crippen molar-refractivity contribution < 1.29 is 35.9 Å². The zero-order valence-electron chi connectivity index (χ0n) is 20.5. The highest BCUT2D eigenvalue weighted by Crippen LogP contribution is 2.38. The monoisotopic (exact) mass is 526 g/mol. The molecule has 1 aromatic heterocycles. The predicted molar refractivity (Wildman–Crippen MR) is 127 cm³/mol. The molecule has 1 saturated heterocycles. The number of nitrogens with zero attached hydrogens (tertiary/aromatic N) is 2.